The minimum absolute atomic E-state index is 0.0498. The number of fused-ring (bicyclic) bond motifs is 1. The third-order valence-corrected chi connectivity index (χ3v) is 5.94. The van der Waals surface area contributed by atoms with Crippen LogP contribution in [0.1, 0.15) is 45.6 Å². The van der Waals surface area contributed by atoms with Gasteiger partial charge in [0.05, 0.1) is 0 Å². The molecule has 1 amide bonds. The number of hydrogen-bond acceptors (Lipinski definition) is 4. The molecule has 0 aromatic heterocycles. The highest BCUT2D eigenvalue weighted by Crippen LogP contribution is 2.31. The van der Waals surface area contributed by atoms with E-state index in [2.05, 4.69) is 30.5 Å². The van der Waals surface area contributed by atoms with Gasteiger partial charge in [-0.05, 0) is 36.8 Å². The number of likely N-dealkylation sites (tertiary alicyclic amines) is 1. The molecule has 1 N–H and O–H groups in total. The van der Waals surface area contributed by atoms with Gasteiger partial charge in [0.25, 0.3) is 10.0 Å². The monoisotopic (exact) mass is 363 g/mol. The van der Waals surface area contributed by atoms with Crippen LogP contribution in [0.15, 0.2) is 33.6 Å². The number of nitrogens with one attached hydrogen (secondary N) is 1. The van der Waals surface area contributed by atoms with E-state index in [9.17, 15) is 13.2 Å². The molecule has 0 bridgehead atoms. The molecule has 1 atom stereocenters. The third-order valence-electron chi connectivity index (χ3n) is 4.61. The van der Waals surface area contributed by atoms with E-state index in [-0.39, 0.29) is 22.3 Å². The maximum absolute atomic E-state index is 12.6. The quantitative estimate of drug-likeness (QED) is 0.892. The van der Waals surface area contributed by atoms with Crippen molar-refractivity contribution in [1.82, 2.24) is 10.2 Å². The summed E-state index contributed by atoms with van der Waals surface area (Å²) in [6, 6.07) is 6.44. The van der Waals surface area contributed by atoms with Crippen LogP contribution in [0.25, 0.3) is 0 Å². The van der Waals surface area contributed by atoms with Crippen LogP contribution in [0, 0.1) is 5.41 Å². The zero-order chi connectivity index (χ0) is 18.2. The van der Waals surface area contributed by atoms with Crippen LogP contribution < -0.4 is 5.32 Å². The van der Waals surface area contributed by atoms with Gasteiger partial charge < -0.3 is 10.2 Å². The van der Waals surface area contributed by atoms with Gasteiger partial charge in [-0.2, -0.15) is 8.42 Å². The smallest absolute Gasteiger partial charge is 0.285 e. The number of carbonyl (C=O) groups excluding carboxylic acids is 1. The number of amidine groups is 1. The molecule has 0 spiro atoms. The summed E-state index contributed by atoms with van der Waals surface area (Å²) in [7, 11) is -3.66. The Bertz CT molecular complexity index is 809. The summed E-state index contributed by atoms with van der Waals surface area (Å²) < 4.78 is 28.5. The van der Waals surface area contributed by atoms with Crippen LogP contribution in [-0.4, -0.2) is 44.2 Å². The summed E-state index contributed by atoms with van der Waals surface area (Å²) in [4.78, 5) is 14.7. The van der Waals surface area contributed by atoms with Crippen molar-refractivity contribution in [3.05, 3.63) is 29.8 Å². The zero-order valence-corrected chi connectivity index (χ0v) is 15.8. The van der Waals surface area contributed by atoms with Crippen LogP contribution in [0.5, 0.6) is 0 Å². The molecular formula is C18H25N3O3S. The van der Waals surface area contributed by atoms with E-state index in [1.54, 1.807) is 24.3 Å². The predicted octanol–water partition coefficient (Wildman–Crippen LogP) is 2.15. The highest BCUT2D eigenvalue weighted by atomic mass is 32.2. The molecule has 2 heterocycles. The minimum Gasteiger partial charge on any atom is -0.354 e. The van der Waals surface area contributed by atoms with Gasteiger partial charge in [-0.25, -0.2) is 0 Å². The van der Waals surface area contributed by atoms with Crippen molar-refractivity contribution in [2.45, 2.75) is 51.0 Å². The van der Waals surface area contributed by atoms with Gasteiger partial charge in [-0.3, -0.25) is 4.79 Å². The zero-order valence-electron chi connectivity index (χ0n) is 14.9. The second kappa shape index (κ2) is 6.44. The molecule has 2 aliphatic rings. The number of nitrogens with zero attached hydrogens (tertiary/aromatic N) is 2. The van der Waals surface area contributed by atoms with Gasteiger partial charge in [0.15, 0.2) is 5.84 Å². The lowest BCUT2D eigenvalue weighted by Gasteiger charge is -2.26. The van der Waals surface area contributed by atoms with Crippen LogP contribution in [0.2, 0.25) is 0 Å². The fourth-order valence-electron chi connectivity index (χ4n) is 3.27. The lowest BCUT2D eigenvalue weighted by Crippen LogP contribution is -2.46. The molecule has 25 heavy (non-hydrogen) atoms. The Morgan fingerprint density at radius 2 is 2.04 bits per heavy atom. The van der Waals surface area contributed by atoms with Gasteiger partial charge in [0.2, 0.25) is 5.91 Å². The number of sulfonamides is 1. The third kappa shape index (κ3) is 3.71. The van der Waals surface area contributed by atoms with Crippen LogP contribution >= 0.6 is 0 Å². The van der Waals surface area contributed by atoms with Crippen LogP contribution in [0.4, 0.5) is 0 Å². The van der Waals surface area contributed by atoms with Gasteiger partial charge in [-0.1, -0.05) is 32.9 Å². The Morgan fingerprint density at radius 3 is 2.76 bits per heavy atom. The first-order chi connectivity index (χ1) is 11.7. The summed E-state index contributed by atoms with van der Waals surface area (Å²) in [5.74, 6) is 0.357. The molecule has 0 aliphatic carbocycles. The maximum atomic E-state index is 12.6. The molecular weight excluding hydrogens is 338 g/mol. The molecule has 136 valence electrons. The molecule has 6 nitrogen and oxygen atoms in total. The average Bonchev–Trinajstić information content (AvgIpc) is 3.09. The van der Waals surface area contributed by atoms with Crippen molar-refractivity contribution in [3.8, 4) is 0 Å². The van der Waals surface area contributed by atoms with E-state index in [0.29, 0.717) is 30.9 Å². The van der Waals surface area contributed by atoms with Gasteiger partial charge >= 0.3 is 0 Å². The molecule has 7 heteroatoms. The van der Waals surface area contributed by atoms with Gasteiger partial charge in [0, 0.05) is 18.7 Å². The highest BCUT2D eigenvalue weighted by molar-refractivity contribution is 7.90. The Morgan fingerprint density at radius 1 is 1.32 bits per heavy atom. The van der Waals surface area contributed by atoms with E-state index < -0.39 is 10.0 Å². The Labute approximate surface area is 149 Å². The van der Waals surface area contributed by atoms with Crippen LogP contribution in [-0.2, 0) is 14.8 Å². The lowest BCUT2D eigenvalue weighted by atomic mass is 9.92. The second-order valence-corrected chi connectivity index (χ2v) is 9.41. The number of benzene rings is 1. The normalized spacial score (nSPS) is 21.8. The molecule has 0 unspecified atom stereocenters. The van der Waals surface area contributed by atoms with Gasteiger partial charge in [-0.15, -0.1) is 4.40 Å². The van der Waals surface area contributed by atoms with Gasteiger partial charge in [0.1, 0.15) is 10.9 Å². The molecule has 3 rings (SSSR count). The molecule has 0 saturated carbocycles. The van der Waals surface area contributed by atoms with Crippen molar-refractivity contribution in [3.63, 3.8) is 0 Å². The maximum Gasteiger partial charge on any atom is 0.285 e. The number of carbonyl (C=O) groups is 1. The van der Waals surface area contributed by atoms with Crippen molar-refractivity contribution in [2.24, 2.45) is 9.81 Å². The molecule has 1 aromatic carbocycles. The van der Waals surface area contributed by atoms with E-state index in [0.717, 1.165) is 12.8 Å². The average molecular weight is 363 g/mol. The fraction of sp³-hybridized carbons (Fsp3) is 0.556. The molecule has 1 fully saturated rings. The summed E-state index contributed by atoms with van der Waals surface area (Å²) in [6.45, 7) is 7.66. The fourth-order valence-corrected chi connectivity index (χ4v) is 4.48. The Balaban J connectivity index is 1.78. The first-order valence-electron chi connectivity index (χ1n) is 8.68. The lowest BCUT2D eigenvalue weighted by molar-refractivity contribution is -0.124. The molecule has 0 radical (unpaired) electrons. The SMILES string of the molecule is CC(C)(C)CCNC(=O)[C@@H]1CCCN1C1=NS(=O)(=O)c2ccccc21. The largest absolute Gasteiger partial charge is 0.354 e. The van der Waals surface area contributed by atoms with E-state index in [1.165, 1.54) is 0 Å². The number of hydrogen-bond donors (Lipinski definition) is 1. The predicted molar refractivity (Wildman–Crippen MR) is 97.0 cm³/mol. The van der Waals surface area contributed by atoms with Crippen molar-refractivity contribution < 1.29 is 13.2 Å². The minimum atomic E-state index is -3.66. The van der Waals surface area contributed by atoms with E-state index in [1.807, 2.05) is 4.90 Å². The number of amides is 1. The summed E-state index contributed by atoms with van der Waals surface area (Å²) in [5, 5.41) is 2.99. The van der Waals surface area contributed by atoms with E-state index >= 15 is 0 Å². The molecule has 2 aliphatic heterocycles. The van der Waals surface area contributed by atoms with Crippen LogP contribution in [0.3, 0.4) is 0 Å². The second-order valence-electron chi connectivity index (χ2n) is 7.84. The summed E-state index contributed by atoms with van der Waals surface area (Å²) in [5.41, 5.74) is 0.752. The Kier molecular flexibility index (Phi) is 4.62. The highest BCUT2D eigenvalue weighted by Gasteiger charge is 2.39. The van der Waals surface area contributed by atoms with Crippen molar-refractivity contribution in [1.29, 1.82) is 0 Å². The number of rotatable bonds is 3. The molecule has 1 aromatic rings. The first-order valence-corrected chi connectivity index (χ1v) is 10.1. The summed E-state index contributed by atoms with van der Waals surface area (Å²) >= 11 is 0. The van der Waals surface area contributed by atoms with Crippen molar-refractivity contribution in [2.75, 3.05) is 13.1 Å². The Hall–Kier alpha value is -1.89. The molecule has 1 saturated heterocycles. The topological polar surface area (TPSA) is 78.8 Å². The first kappa shape index (κ1) is 17.9. The van der Waals surface area contributed by atoms with Crippen molar-refractivity contribution >= 4 is 21.8 Å². The van der Waals surface area contributed by atoms with E-state index in [4.69, 9.17) is 0 Å². The summed E-state index contributed by atoms with van der Waals surface area (Å²) in [6.07, 6.45) is 2.45. The standard InChI is InChI=1S/C18H25N3O3S/c1-18(2,3)10-11-19-17(22)14-8-6-12-21(14)16-13-7-4-5-9-15(13)25(23,24)20-16/h4-5,7,9,14H,6,8,10-12H2,1-3H3,(H,19,22)/t14-/m0/s1.